The van der Waals surface area contributed by atoms with Crippen molar-refractivity contribution in [3.8, 4) is 11.5 Å². The molecule has 0 aromatic heterocycles. The molecule has 0 saturated heterocycles. The molecule has 1 aliphatic carbocycles. The smallest absolute Gasteiger partial charge is 0.336 e. The molecule has 0 bridgehead atoms. The summed E-state index contributed by atoms with van der Waals surface area (Å²) in [6.07, 6.45) is 0.464. The summed E-state index contributed by atoms with van der Waals surface area (Å²) < 4.78 is 26.7. The summed E-state index contributed by atoms with van der Waals surface area (Å²) in [6, 6.07) is 5.32. The van der Waals surface area contributed by atoms with Crippen molar-refractivity contribution < 1.29 is 38.1 Å². The van der Waals surface area contributed by atoms with Crippen LogP contribution in [0, 0.1) is 11.8 Å². The van der Waals surface area contributed by atoms with Gasteiger partial charge in [0.1, 0.15) is 12.5 Å². The van der Waals surface area contributed by atoms with E-state index in [1.54, 1.807) is 25.1 Å². The number of benzene rings is 1. The first-order valence-electron chi connectivity index (χ1n) is 11.3. The fourth-order valence-corrected chi connectivity index (χ4v) is 4.79. The predicted octanol–water partition coefficient (Wildman–Crippen LogP) is 2.61. The Morgan fingerprint density at radius 2 is 1.94 bits per heavy atom. The number of nitrogens with one attached hydrogen (secondary N) is 1. The van der Waals surface area contributed by atoms with E-state index in [0.717, 1.165) is 0 Å². The minimum atomic E-state index is -0.948. The lowest BCUT2D eigenvalue weighted by molar-refractivity contribution is -0.151. The molecule has 1 aromatic rings. The molecule has 1 aromatic carbocycles. The molecule has 182 valence electrons. The van der Waals surface area contributed by atoms with Crippen LogP contribution in [-0.2, 0) is 28.6 Å². The summed E-state index contributed by atoms with van der Waals surface area (Å²) in [5.41, 5.74) is 2.64. The van der Waals surface area contributed by atoms with Crippen LogP contribution in [0.1, 0.15) is 38.7 Å². The van der Waals surface area contributed by atoms with Crippen molar-refractivity contribution >= 4 is 17.7 Å². The fourth-order valence-electron chi connectivity index (χ4n) is 4.79. The summed E-state index contributed by atoms with van der Waals surface area (Å²) in [5, 5.41) is 3.24. The molecule has 9 heteroatoms. The molecule has 2 heterocycles. The van der Waals surface area contributed by atoms with E-state index in [1.807, 2.05) is 13.8 Å². The fraction of sp³-hybridized carbons (Fsp3) is 0.480. The molecule has 3 unspecified atom stereocenters. The normalized spacial score (nSPS) is 23.4. The quantitative estimate of drug-likeness (QED) is 0.365. The standard InChI is InChI=1S/C25H29NO8/c1-5-31-8-9-32-25(29)20-14(3)26-16-10-13(2)19(24(28)30-4)23(27)22(16)21(20)15-6-7-17-18(11-15)34-12-33-17/h6-7,11,13,19,21,26H,5,8-10,12H2,1-4H3. The molecular weight excluding hydrogens is 442 g/mol. The van der Waals surface area contributed by atoms with E-state index in [2.05, 4.69) is 5.32 Å². The first-order chi connectivity index (χ1) is 16.4. The molecule has 34 heavy (non-hydrogen) atoms. The van der Waals surface area contributed by atoms with Crippen LogP contribution in [0.15, 0.2) is 40.7 Å². The number of hydrogen-bond acceptors (Lipinski definition) is 9. The Morgan fingerprint density at radius 1 is 1.18 bits per heavy atom. The van der Waals surface area contributed by atoms with E-state index < -0.39 is 23.8 Å². The van der Waals surface area contributed by atoms with Crippen molar-refractivity contribution in [1.82, 2.24) is 5.32 Å². The van der Waals surface area contributed by atoms with Crippen LogP contribution in [0.5, 0.6) is 11.5 Å². The van der Waals surface area contributed by atoms with Crippen LogP contribution in [0.4, 0.5) is 0 Å². The van der Waals surface area contributed by atoms with Gasteiger partial charge in [-0.2, -0.15) is 0 Å². The first-order valence-corrected chi connectivity index (χ1v) is 11.3. The number of hydrogen-bond donors (Lipinski definition) is 1. The molecule has 1 N–H and O–H groups in total. The summed E-state index contributed by atoms with van der Waals surface area (Å²) in [7, 11) is 1.27. The molecule has 2 aliphatic heterocycles. The topological polar surface area (TPSA) is 109 Å². The lowest BCUT2D eigenvalue weighted by Crippen LogP contribution is -2.43. The number of dihydropyridines is 1. The van der Waals surface area contributed by atoms with Crippen LogP contribution < -0.4 is 14.8 Å². The third-order valence-electron chi connectivity index (χ3n) is 6.36. The summed E-state index contributed by atoms with van der Waals surface area (Å²) in [5.74, 6) is -2.32. The number of carbonyl (C=O) groups is 3. The number of fused-ring (bicyclic) bond motifs is 1. The van der Waals surface area contributed by atoms with Gasteiger partial charge in [-0.25, -0.2) is 4.79 Å². The number of Topliss-reactive ketones (excluding diaryl/α,β-unsaturated/α-hetero) is 1. The molecule has 0 fully saturated rings. The number of allylic oxidation sites excluding steroid dienone is 3. The molecule has 0 amide bonds. The second-order valence-corrected chi connectivity index (χ2v) is 8.48. The van der Waals surface area contributed by atoms with E-state index in [1.165, 1.54) is 7.11 Å². The summed E-state index contributed by atoms with van der Waals surface area (Å²) in [6.45, 7) is 6.45. The highest BCUT2D eigenvalue weighted by atomic mass is 16.7. The van der Waals surface area contributed by atoms with Gasteiger partial charge >= 0.3 is 11.9 Å². The molecule has 0 radical (unpaired) electrons. The highest BCUT2D eigenvalue weighted by Gasteiger charge is 2.47. The van der Waals surface area contributed by atoms with E-state index in [-0.39, 0.29) is 31.7 Å². The zero-order valence-corrected chi connectivity index (χ0v) is 19.8. The van der Waals surface area contributed by atoms with Gasteiger partial charge in [-0.15, -0.1) is 0 Å². The number of methoxy groups -OCH3 is 1. The SMILES string of the molecule is CCOCCOC(=O)C1=C(C)NC2=C(C(=O)C(C(=O)OC)C(C)C2)C1c1ccc2c(c1)OCO2. The summed E-state index contributed by atoms with van der Waals surface area (Å²) >= 11 is 0. The Labute approximate surface area is 198 Å². The van der Waals surface area contributed by atoms with Gasteiger partial charge in [-0.1, -0.05) is 13.0 Å². The lowest BCUT2D eigenvalue weighted by atomic mass is 9.69. The molecule has 0 spiro atoms. The van der Waals surface area contributed by atoms with Crippen molar-refractivity contribution in [2.45, 2.75) is 33.1 Å². The van der Waals surface area contributed by atoms with E-state index >= 15 is 0 Å². The van der Waals surface area contributed by atoms with Gasteiger partial charge in [0.2, 0.25) is 6.79 Å². The van der Waals surface area contributed by atoms with Crippen LogP contribution in [-0.4, -0.2) is 51.4 Å². The van der Waals surface area contributed by atoms with E-state index in [4.69, 9.17) is 23.7 Å². The van der Waals surface area contributed by atoms with Crippen molar-refractivity contribution in [2.24, 2.45) is 11.8 Å². The highest BCUT2D eigenvalue weighted by molar-refractivity contribution is 6.12. The first kappa shape index (κ1) is 23.8. The van der Waals surface area contributed by atoms with Gasteiger partial charge in [0.15, 0.2) is 17.3 Å². The Kier molecular flexibility index (Phi) is 6.92. The number of ketones is 1. The zero-order chi connectivity index (χ0) is 24.4. The minimum Gasteiger partial charge on any atom is -0.468 e. The average Bonchev–Trinajstić information content (AvgIpc) is 3.28. The van der Waals surface area contributed by atoms with Crippen molar-refractivity contribution in [2.75, 3.05) is 33.7 Å². The largest absolute Gasteiger partial charge is 0.468 e. The Hall–Kier alpha value is -3.33. The number of ether oxygens (including phenoxy) is 5. The van der Waals surface area contributed by atoms with Crippen LogP contribution in [0.25, 0.3) is 0 Å². The molecule has 9 nitrogen and oxygen atoms in total. The predicted molar refractivity (Wildman–Crippen MR) is 120 cm³/mol. The second kappa shape index (κ2) is 9.89. The van der Waals surface area contributed by atoms with Gasteiger partial charge < -0.3 is 29.0 Å². The molecule has 0 saturated carbocycles. The minimum absolute atomic E-state index is 0.0823. The van der Waals surface area contributed by atoms with Gasteiger partial charge in [0.05, 0.1) is 19.3 Å². The van der Waals surface area contributed by atoms with E-state index in [9.17, 15) is 14.4 Å². The third-order valence-corrected chi connectivity index (χ3v) is 6.36. The van der Waals surface area contributed by atoms with Gasteiger partial charge in [0.25, 0.3) is 0 Å². The van der Waals surface area contributed by atoms with Crippen LogP contribution >= 0.6 is 0 Å². The number of carbonyl (C=O) groups excluding carboxylic acids is 3. The summed E-state index contributed by atoms with van der Waals surface area (Å²) in [4.78, 5) is 39.5. The van der Waals surface area contributed by atoms with Gasteiger partial charge in [-0.3, -0.25) is 9.59 Å². The highest BCUT2D eigenvalue weighted by Crippen LogP contribution is 2.47. The Bertz CT molecular complexity index is 1070. The zero-order valence-electron chi connectivity index (χ0n) is 19.8. The number of rotatable bonds is 7. The molecule has 3 aliphatic rings. The average molecular weight is 472 g/mol. The molecule has 4 rings (SSSR count). The molecular formula is C25H29NO8. The monoisotopic (exact) mass is 471 g/mol. The molecule has 3 atom stereocenters. The Balaban J connectivity index is 1.78. The third kappa shape index (κ3) is 4.27. The van der Waals surface area contributed by atoms with Crippen molar-refractivity contribution in [3.63, 3.8) is 0 Å². The van der Waals surface area contributed by atoms with Crippen LogP contribution in [0.2, 0.25) is 0 Å². The lowest BCUT2D eigenvalue weighted by Gasteiger charge is -2.38. The maximum absolute atomic E-state index is 13.7. The number of esters is 2. The van der Waals surface area contributed by atoms with Gasteiger partial charge in [0, 0.05) is 29.5 Å². The Morgan fingerprint density at radius 3 is 2.68 bits per heavy atom. The second-order valence-electron chi connectivity index (χ2n) is 8.48. The van der Waals surface area contributed by atoms with E-state index in [0.29, 0.717) is 52.6 Å². The van der Waals surface area contributed by atoms with Crippen molar-refractivity contribution in [3.05, 3.63) is 46.3 Å². The van der Waals surface area contributed by atoms with Crippen LogP contribution in [0.3, 0.4) is 0 Å². The maximum atomic E-state index is 13.7. The maximum Gasteiger partial charge on any atom is 0.336 e. The van der Waals surface area contributed by atoms with Crippen molar-refractivity contribution in [1.29, 1.82) is 0 Å². The van der Waals surface area contributed by atoms with Gasteiger partial charge in [-0.05, 0) is 43.9 Å².